The Morgan fingerprint density at radius 2 is 2.00 bits per heavy atom. The van der Waals surface area contributed by atoms with Gasteiger partial charge in [-0.05, 0) is 24.3 Å². The molecule has 21 heavy (non-hydrogen) atoms. The Balaban J connectivity index is 2.05. The zero-order valence-electron chi connectivity index (χ0n) is 11.8. The Morgan fingerprint density at radius 3 is 2.62 bits per heavy atom. The van der Waals surface area contributed by atoms with E-state index in [9.17, 15) is 4.79 Å². The molecule has 0 atom stereocenters. The number of carbonyl (C=O) groups is 1. The first-order chi connectivity index (χ1) is 10.1. The molecule has 0 saturated carbocycles. The monoisotopic (exact) mass is 288 g/mol. The molecule has 1 heterocycles. The summed E-state index contributed by atoms with van der Waals surface area (Å²) in [5, 5.41) is 0. The van der Waals surface area contributed by atoms with Crippen molar-refractivity contribution in [2.24, 2.45) is 0 Å². The second kappa shape index (κ2) is 6.60. The van der Waals surface area contributed by atoms with Crippen LogP contribution in [0, 0.1) is 0 Å². The molecular formula is C15H16N2O4. The number of carbonyl (C=O) groups excluding carboxylic acids is 1. The van der Waals surface area contributed by atoms with Crippen molar-refractivity contribution in [2.45, 2.75) is 6.61 Å². The lowest BCUT2D eigenvalue weighted by atomic mass is 10.2. The summed E-state index contributed by atoms with van der Waals surface area (Å²) in [5.74, 6) is 0.710. The van der Waals surface area contributed by atoms with Crippen LogP contribution in [0.1, 0.15) is 16.1 Å². The molecule has 0 saturated heterocycles. The van der Waals surface area contributed by atoms with Crippen molar-refractivity contribution >= 4 is 11.7 Å². The third-order valence-electron chi connectivity index (χ3n) is 2.81. The third kappa shape index (κ3) is 3.62. The van der Waals surface area contributed by atoms with E-state index in [2.05, 4.69) is 9.72 Å². The quantitative estimate of drug-likeness (QED) is 0.669. The van der Waals surface area contributed by atoms with Gasteiger partial charge in [-0.1, -0.05) is 0 Å². The van der Waals surface area contributed by atoms with Crippen molar-refractivity contribution in [3.63, 3.8) is 0 Å². The summed E-state index contributed by atoms with van der Waals surface area (Å²) >= 11 is 0. The number of benzene rings is 1. The SMILES string of the molecule is COC(=O)c1ccc(COc2ccc(N)cc2OC)nc1. The first kappa shape index (κ1) is 14.6. The van der Waals surface area contributed by atoms with Crippen molar-refractivity contribution in [3.8, 4) is 11.5 Å². The topological polar surface area (TPSA) is 83.7 Å². The molecule has 2 aromatic rings. The number of methoxy groups -OCH3 is 2. The van der Waals surface area contributed by atoms with Gasteiger partial charge in [0.25, 0.3) is 0 Å². The summed E-state index contributed by atoms with van der Waals surface area (Å²) in [7, 11) is 2.87. The third-order valence-corrected chi connectivity index (χ3v) is 2.81. The molecule has 0 fully saturated rings. The molecular weight excluding hydrogens is 272 g/mol. The predicted molar refractivity (Wildman–Crippen MR) is 77.3 cm³/mol. The van der Waals surface area contributed by atoms with Crippen LogP contribution in [0.2, 0.25) is 0 Å². The summed E-state index contributed by atoms with van der Waals surface area (Å²) in [4.78, 5) is 15.4. The van der Waals surface area contributed by atoms with E-state index >= 15 is 0 Å². The molecule has 0 aliphatic rings. The van der Waals surface area contributed by atoms with Gasteiger partial charge in [-0.3, -0.25) is 4.98 Å². The van der Waals surface area contributed by atoms with E-state index in [1.54, 1.807) is 37.4 Å². The molecule has 110 valence electrons. The van der Waals surface area contributed by atoms with E-state index < -0.39 is 5.97 Å². The number of hydrogen-bond donors (Lipinski definition) is 1. The first-order valence-electron chi connectivity index (χ1n) is 6.23. The highest BCUT2D eigenvalue weighted by molar-refractivity contribution is 5.88. The number of anilines is 1. The standard InChI is InChI=1S/C15H16N2O4/c1-19-14-7-11(16)4-6-13(14)21-9-12-5-3-10(8-17-12)15(18)20-2/h3-8H,9,16H2,1-2H3. The number of nitrogens with two attached hydrogens (primary N) is 1. The highest BCUT2D eigenvalue weighted by Crippen LogP contribution is 2.29. The van der Waals surface area contributed by atoms with Crippen molar-refractivity contribution < 1.29 is 19.0 Å². The maximum absolute atomic E-state index is 11.3. The van der Waals surface area contributed by atoms with Gasteiger partial charge in [-0.15, -0.1) is 0 Å². The van der Waals surface area contributed by atoms with Gasteiger partial charge in [0.05, 0.1) is 25.5 Å². The Kier molecular flexibility index (Phi) is 4.61. The molecule has 0 aliphatic heterocycles. The van der Waals surface area contributed by atoms with Gasteiger partial charge < -0.3 is 19.9 Å². The van der Waals surface area contributed by atoms with Gasteiger partial charge in [0.15, 0.2) is 11.5 Å². The highest BCUT2D eigenvalue weighted by atomic mass is 16.5. The van der Waals surface area contributed by atoms with Crippen LogP contribution >= 0.6 is 0 Å². The van der Waals surface area contributed by atoms with Crippen molar-refractivity contribution in [2.75, 3.05) is 20.0 Å². The van der Waals surface area contributed by atoms with E-state index in [-0.39, 0.29) is 6.61 Å². The van der Waals surface area contributed by atoms with Crippen LogP contribution in [0.25, 0.3) is 0 Å². The molecule has 0 aliphatic carbocycles. The molecule has 0 spiro atoms. The number of hydrogen-bond acceptors (Lipinski definition) is 6. The molecule has 0 unspecified atom stereocenters. The Morgan fingerprint density at radius 1 is 1.19 bits per heavy atom. The molecule has 2 N–H and O–H groups in total. The molecule has 0 amide bonds. The zero-order valence-corrected chi connectivity index (χ0v) is 11.8. The minimum atomic E-state index is -0.421. The van der Waals surface area contributed by atoms with Crippen LogP contribution in [-0.2, 0) is 11.3 Å². The van der Waals surface area contributed by atoms with Gasteiger partial charge in [-0.2, -0.15) is 0 Å². The van der Waals surface area contributed by atoms with E-state index in [1.165, 1.54) is 13.3 Å². The number of aromatic nitrogens is 1. The van der Waals surface area contributed by atoms with Gasteiger partial charge in [-0.25, -0.2) is 4.79 Å². The molecule has 6 heteroatoms. The van der Waals surface area contributed by atoms with Crippen LogP contribution in [-0.4, -0.2) is 25.2 Å². The van der Waals surface area contributed by atoms with Gasteiger partial charge in [0.1, 0.15) is 6.61 Å². The Bertz CT molecular complexity index is 626. The van der Waals surface area contributed by atoms with E-state index in [0.717, 1.165) is 0 Å². The number of ether oxygens (including phenoxy) is 3. The summed E-state index contributed by atoms with van der Waals surface area (Å²) in [5.41, 5.74) is 7.35. The number of nitrogen functional groups attached to an aromatic ring is 1. The zero-order chi connectivity index (χ0) is 15.2. The molecule has 6 nitrogen and oxygen atoms in total. The van der Waals surface area contributed by atoms with Crippen molar-refractivity contribution in [1.29, 1.82) is 0 Å². The molecule has 1 aromatic carbocycles. The average Bonchev–Trinajstić information content (AvgIpc) is 2.53. The van der Waals surface area contributed by atoms with E-state index in [4.69, 9.17) is 15.2 Å². The van der Waals surface area contributed by atoms with Gasteiger partial charge in [0, 0.05) is 18.0 Å². The largest absolute Gasteiger partial charge is 0.493 e. The normalized spacial score (nSPS) is 10.0. The molecule has 1 aromatic heterocycles. The predicted octanol–water partition coefficient (Wildman–Crippen LogP) is 2.04. The summed E-state index contributed by atoms with van der Waals surface area (Å²) < 4.78 is 15.4. The second-order valence-corrected chi connectivity index (χ2v) is 4.23. The second-order valence-electron chi connectivity index (χ2n) is 4.23. The highest BCUT2D eigenvalue weighted by Gasteiger charge is 2.08. The fourth-order valence-electron chi connectivity index (χ4n) is 1.70. The number of esters is 1. The first-order valence-corrected chi connectivity index (χ1v) is 6.23. The Hall–Kier alpha value is -2.76. The fourth-order valence-corrected chi connectivity index (χ4v) is 1.70. The lowest BCUT2D eigenvalue weighted by Gasteiger charge is -2.11. The lowest BCUT2D eigenvalue weighted by Crippen LogP contribution is -2.04. The van der Waals surface area contributed by atoms with E-state index in [1.807, 2.05) is 0 Å². The lowest BCUT2D eigenvalue weighted by molar-refractivity contribution is 0.0600. The summed E-state index contributed by atoms with van der Waals surface area (Å²) in [6.45, 7) is 0.252. The molecule has 0 bridgehead atoms. The van der Waals surface area contributed by atoms with Crippen LogP contribution in [0.4, 0.5) is 5.69 Å². The van der Waals surface area contributed by atoms with Gasteiger partial charge in [0.2, 0.25) is 0 Å². The van der Waals surface area contributed by atoms with Crippen molar-refractivity contribution in [3.05, 3.63) is 47.8 Å². The maximum atomic E-state index is 11.3. The summed E-state index contributed by atoms with van der Waals surface area (Å²) in [6.07, 6.45) is 1.45. The van der Waals surface area contributed by atoms with Crippen molar-refractivity contribution in [1.82, 2.24) is 4.98 Å². The number of rotatable bonds is 5. The number of nitrogens with zero attached hydrogens (tertiary/aromatic N) is 1. The van der Waals surface area contributed by atoms with Crippen LogP contribution in [0.3, 0.4) is 0 Å². The molecule has 0 radical (unpaired) electrons. The maximum Gasteiger partial charge on any atom is 0.339 e. The van der Waals surface area contributed by atoms with Crippen LogP contribution in [0.15, 0.2) is 36.5 Å². The van der Waals surface area contributed by atoms with E-state index in [0.29, 0.717) is 28.4 Å². The minimum Gasteiger partial charge on any atom is -0.493 e. The number of pyridine rings is 1. The average molecular weight is 288 g/mol. The molecule has 2 rings (SSSR count). The Labute approximate surface area is 122 Å². The van der Waals surface area contributed by atoms with Gasteiger partial charge >= 0.3 is 5.97 Å². The van der Waals surface area contributed by atoms with Crippen LogP contribution < -0.4 is 15.2 Å². The fraction of sp³-hybridized carbons (Fsp3) is 0.200. The van der Waals surface area contributed by atoms with Crippen LogP contribution in [0.5, 0.6) is 11.5 Å². The smallest absolute Gasteiger partial charge is 0.339 e. The minimum absolute atomic E-state index is 0.252. The summed E-state index contributed by atoms with van der Waals surface area (Å²) in [6, 6.07) is 8.49.